The first-order valence-corrected chi connectivity index (χ1v) is 10.7. The molecule has 0 atom stereocenters. The van der Waals surface area contributed by atoms with E-state index in [0.29, 0.717) is 48.0 Å². The number of benzene rings is 1. The van der Waals surface area contributed by atoms with Gasteiger partial charge in [0.05, 0.1) is 4.90 Å². The summed E-state index contributed by atoms with van der Waals surface area (Å²) < 4.78 is 34.4. The number of nitrogens with zero attached hydrogens (tertiary/aromatic N) is 3. The summed E-state index contributed by atoms with van der Waals surface area (Å²) >= 11 is 0. The van der Waals surface area contributed by atoms with Gasteiger partial charge in [0.2, 0.25) is 0 Å². The lowest BCUT2D eigenvalue weighted by atomic mass is 9.93. The molecule has 1 amide bonds. The van der Waals surface area contributed by atoms with E-state index < -0.39 is 15.9 Å². The molecule has 0 unspecified atom stereocenters. The normalized spacial score (nSPS) is 16.0. The molecule has 2 aromatic heterocycles. The predicted octanol–water partition coefficient (Wildman–Crippen LogP) is 2.82. The Bertz CT molecular complexity index is 1130. The molecule has 3 heterocycles. The van der Waals surface area contributed by atoms with Crippen molar-refractivity contribution in [2.75, 3.05) is 19.3 Å². The third-order valence-electron chi connectivity index (χ3n) is 4.95. The second kappa shape index (κ2) is 6.93. The van der Waals surface area contributed by atoms with Gasteiger partial charge in [-0.2, -0.15) is 4.98 Å². The van der Waals surface area contributed by atoms with E-state index in [1.54, 1.807) is 18.2 Å². The van der Waals surface area contributed by atoms with Crippen molar-refractivity contribution in [2.45, 2.75) is 24.2 Å². The Hall–Kier alpha value is -2.88. The monoisotopic (exact) mass is 405 g/mol. The lowest BCUT2D eigenvalue weighted by Crippen LogP contribution is -2.37. The minimum atomic E-state index is -3.30. The maximum Gasteiger partial charge on any atom is 0.407 e. The number of rotatable bonds is 4. The van der Waals surface area contributed by atoms with Crippen LogP contribution in [0.5, 0.6) is 0 Å². The van der Waals surface area contributed by atoms with Crippen LogP contribution in [0.4, 0.5) is 4.79 Å². The third kappa shape index (κ3) is 3.72. The van der Waals surface area contributed by atoms with Gasteiger partial charge in [0.1, 0.15) is 5.58 Å². The van der Waals surface area contributed by atoms with Crippen LogP contribution >= 0.6 is 0 Å². The quantitative estimate of drug-likeness (QED) is 0.702. The van der Waals surface area contributed by atoms with Crippen LogP contribution in [0.3, 0.4) is 0 Å². The number of piperidine rings is 1. The summed E-state index contributed by atoms with van der Waals surface area (Å²) in [5.74, 6) is 1.45. The number of amides is 1. The van der Waals surface area contributed by atoms with Gasteiger partial charge < -0.3 is 18.9 Å². The van der Waals surface area contributed by atoms with Crippen molar-refractivity contribution in [2.24, 2.45) is 5.92 Å². The fraction of sp³-hybridized carbons (Fsp3) is 0.389. The molecule has 0 spiro atoms. The van der Waals surface area contributed by atoms with Gasteiger partial charge in [0.25, 0.3) is 5.89 Å². The summed E-state index contributed by atoms with van der Waals surface area (Å²) in [5, 5.41) is 13.6. The highest BCUT2D eigenvalue weighted by Crippen LogP contribution is 2.29. The summed E-state index contributed by atoms with van der Waals surface area (Å²) in [6.45, 7) is 1.02. The van der Waals surface area contributed by atoms with Crippen LogP contribution in [-0.4, -0.2) is 54.0 Å². The van der Waals surface area contributed by atoms with Crippen LogP contribution in [0.2, 0.25) is 0 Å². The first-order valence-electron chi connectivity index (χ1n) is 8.84. The van der Waals surface area contributed by atoms with E-state index in [0.717, 1.165) is 19.1 Å². The summed E-state index contributed by atoms with van der Waals surface area (Å²) in [6.07, 6.45) is 2.39. The molecule has 4 rings (SSSR count). The molecular formula is C18H19N3O6S. The average molecular weight is 405 g/mol. The molecule has 1 fully saturated rings. The predicted molar refractivity (Wildman–Crippen MR) is 98.6 cm³/mol. The molecule has 1 saturated heterocycles. The molecular weight excluding hydrogens is 386 g/mol. The zero-order valence-electron chi connectivity index (χ0n) is 15.2. The van der Waals surface area contributed by atoms with E-state index in [4.69, 9.17) is 14.0 Å². The zero-order chi connectivity index (χ0) is 19.9. The van der Waals surface area contributed by atoms with Gasteiger partial charge in [0, 0.05) is 31.2 Å². The number of carbonyl (C=O) groups is 1. The number of sulfone groups is 1. The highest BCUT2D eigenvalue weighted by atomic mass is 32.2. The molecule has 0 saturated carbocycles. The molecule has 1 aliphatic rings. The highest BCUT2D eigenvalue weighted by Gasteiger charge is 2.24. The van der Waals surface area contributed by atoms with Crippen molar-refractivity contribution < 1.29 is 27.3 Å². The van der Waals surface area contributed by atoms with Crippen LogP contribution in [0.15, 0.2) is 38.1 Å². The SMILES string of the molecule is CS(=O)(=O)c1ccc2oc(-c3nc(CC4CCN(C(=O)O)CC4)no3)cc2c1. The zero-order valence-corrected chi connectivity index (χ0v) is 16.0. The first kappa shape index (κ1) is 18.5. The maximum atomic E-state index is 11.7. The average Bonchev–Trinajstić information content (AvgIpc) is 3.27. The first-order chi connectivity index (χ1) is 13.3. The van der Waals surface area contributed by atoms with Gasteiger partial charge in [0.15, 0.2) is 21.4 Å². The molecule has 1 aliphatic heterocycles. The topological polar surface area (TPSA) is 127 Å². The number of hydrogen-bond donors (Lipinski definition) is 1. The summed E-state index contributed by atoms with van der Waals surface area (Å²) in [7, 11) is -3.30. The Balaban J connectivity index is 1.49. The van der Waals surface area contributed by atoms with Crippen molar-refractivity contribution in [3.8, 4) is 11.7 Å². The van der Waals surface area contributed by atoms with Crippen LogP contribution in [-0.2, 0) is 16.3 Å². The molecule has 148 valence electrons. The molecule has 9 nitrogen and oxygen atoms in total. The van der Waals surface area contributed by atoms with E-state index in [2.05, 4.69) is 10.1 Å². The number of hydrogen-bond acceptors (Lipinski definition) is 7. The summed E-state index contributed by atoms with van der Waals surface area (Å²) in [6, 6.07) is 6.31. The van der Waals surface area contributed by atoms with Crippen molar-refractivity contribution in [1.29, 1.82) is 0 Å². The van der Waals surface area contributed by atoms with Gasteiger partial charge in [-0.15, -0.1) is 0 Å². The second-order valence-electron chi connectivity index (χ2n) is 7.02. The lowest BCUT2D eigenvalue weighted by molar-refractivity contribution is 0.124. The number of likely N-dealkylation sites (tertiary alicyclic amines) is 1. The molecule has 28 heavy (non-hydrogen) atoms. The number of furan rings is 1. The van der Waals surface area contributed by atoms with Gasteiger partial charge in [-0.05, 0) is 43.0 Å². The minimum absolute atomic E-state index is 0.214. The van der Waals surface area contributed by atoms with Crippen molar-refractivity contribution >= 4 is 26.9 Å². The van der Waals surface area contributed by atoms with E-state index in [1.807, 2.05) is 0 Å². The molecule has 3 aromatic rings. The van der Waals surface area contributed by atoms with Crippen molar-refractivity contribution in [3.63, 3.8) is 0 Å². The van der Waals surface area contributed by atoms with E-state index in [9.17, 15) is 13.2 Å². The van der Waals surface area contributed by atoms with Gasteiger partial charge >= 0.3 is 6.09 Å². The standard InChI is InChI=1S/C18H19N3O6S/c1-28(24,25)13-2-3-14-12(9-13)10-15(26-14)17-19-16(20-27-17)8-11-4-6-21(7-5-11)18(22)23/h2-3,9-11H,4-8H2,1H3,(H,22,23). The van der Waals surface area contributed by atoms with E-state index in [-0.39, 0.29) is 10.8 Å². The highest BCUT2D eigenvalue weighted by molar-refractivity contribution is 7.90. The van der Waals surface area contributed by atoms with Crippen LogP contribution in [0.25, 0.3) is 22.6 Å². The number of fused-ring (bicyclic) bond motifs is 1. The van der Waals surface area contributed by atoms with Crippen LogP contribution in [0.1, 0.15) is 18.7 Å². The molecule has 10 heteroatoms. The Morgan fingerprint density at radius 3 is 2.71 bits per heavy atom. The maximum absolute atomic E-state index is 11.7. The van der Waals surface area contributed by atoms with E-state index >= 15 is 0 Å². The van der Waals surface area contributed by atoms with Gasteiger partial charge in [-0.25, -0.2) is 13.2 Å². The fourth-order valence-corrected chi connectivity index (χ4v) is 4.04. The molecule has 1 N–H and O–H groups in total. The fourth-order valence-electron chi connectivity index (χ4n) is 3.38. The Morgan fingerprint density at radius 1 is 1.29 bits per heavy atom. The Morgan fingerprint density at radius 2 is 2.04 bits per heavy atom. The molecule has 0 aliphatic carbocycles. The molecule has 0 radical (unpaired) electrons. The Labute approximate surface area is 160 Å². The van der Waals surface area contributed by atoms with Crippen molar-refractivity contribution in [1.82, 2.24) is 15.0 Å². The third-order valence-corrected chi connectivity index (χ3v) is 6.06. The smallest absolute Gasteiger partial charge is 0.407 e. The molecule has 0 bridgehead atoms. The van der Waals surface area contributed by atoms with E-state index in [1.165, 1.54) is 11.0 Å². The molecule has 1 aromatic carbocycles. The van der Waals surface area contributed by atoms with Crippen molar-refractivity contribution in [3.05, 3.63) is 30.1 Å². The number of aromatic nitrogens is 2. The summed E-state index contributed by atoms with van der Waals surface area (Å²) in [5.41, 5.74) is 0.531. The van der Waals surface area contributed by atoms with Crippen LogP contribution < -0.4 is 0 Å². The largest absolute Gasteiger partial charge is 0.465 e. The number of carboxylic acid groups (broad SMARTS) is 1. The van der Waals surface area contributed by atoms with Gasteiger partial charge in [-0.1, -0.05) is 5.16 Å². The lowest BCUT2D eigenvalue weighted by Gasteiger charge is -2.29. The van der Waals surface area contributed by atoms with Crippen LogP contribution in [0, 0.1) is 5.92 Å². The minimum Gasteiger partial charge on any atom is -0.465 e. The Kier molecular flexibility index (Phi) is 4.58. The second-order valence-corrected chi connectivity index (χ2v) is 9.03. The van der Waals surface area contributed by atoms with Gasteiger partial charge in [-0.3, -0.25) is 0 Å². The summed E-state index contributed by atoms with van der Waals surface area (Å²) in [4.78, 5) is 17.0.